The molecular weight excluding hydrogens is 231 g/mol. The summed E-state index contributed by atoms with van der Waals surface area (Å²) in [6, 6.07) is 7.00. The fourth-order valence-corrected chi connectivity index (χ4v) is 1.68. The highest BCUT2D eigenvalue weighted by molar-refractivity contribution is 5.82. The highest BCUT2D eigenvalue weighted by atomic mass is 19.1. The first-order chi connectivity index (χ1) is 8.27. The Morgan fingerprint density at radius 2 is 1.83 bits per heavy atom. The summed E-state index contributed by atoms with van der Waals surface area (Å²) in [6.45, 7) is 5.39. The van der Waals surface area contributed by atoms with Crippen molar-refractivity contribution in [1.29, 1.82) is 5.26 Å². The second kappa shape index (κ2) is 5.18. The van der Waals surface area contributed by atoms with Crippen LogP contribution >= 0.6 is 0 Å². The van der Waals surface area contributed by atoms with E-state index in [2.05, 4.69) is 6.07 Å². The number of hydrogen-bond donors (Lipinski definition) is 0. The zero-order valence-electron chi connectivity index (χ0n) is 11.1. The number of nitriles is 1. The molecule has 0 N–H and O–H groups in total. The van der Waals surface area contributed by atoms with E-state index in [9.17, 15) is 14.4 Å². The standard InChI is InChI=1S/C14H17FN2O/c1-14(2,3)13(18)17(4)12(9-16)10-5-7-11(15)8-6-10/h5-8,12H,1-4H3. The average molecular weight is 248 g/mol. The molecule has 0 saturated carbocycles. The van der Waals surface area contributed by atoms with Crippen LogP contribution in [0.3, 0.4) is 0 Å². The SMILES string of the molecule is CN(C(=O)C(C)(C)C)C(C#N)c1ccc(F)cc1. The van der Waals surface area contributed by atoms with Crippen LogP contribution in [-0.2, 0) is 4.79 Å². The molecule has 1 amide bonds. The lowest BCUT2D eigenvalue weighted by Crippen LogP contribution is -2.38. The van der Waals surface area contributed by atoms with Gasteiger partial charge in [-0.15, -0.1) is 0 Å². The Labute approximate surface area is 107 Å². The van der Waals surface area contributed by atoms with E-state index in [1.807, 2.05) is 0 Å². The molecule has 1 aromatic carbocycles. The number of hydrogen-bond acceptors (Lipinski definition) is 2. The van der Waals surface area contributed by atoms with Crippen LogP contribution in [0.25, 0.3) is 0 Å². The molecule has 1 aromatic rings. The van der Waals surface area contributed by atoms with Crippen molar-refractivity contribution in [3.8, 4) is 6.07 Å². The van der Waals surface area contributed by atoms with E-state index in [0.717, 1.165) is 0 Å². The van der Waals surface area contributed by atoms with E-state index in [-0.39, 0.29) is 11.7 Å². The molecule has 18 heavy (non-hydrogen) atoms. The molecule has 0 heterocycles. The zero-order chi connectivity index (χ0) is 13.9. The smallest absolute Gasteiger partial charge is 0.229 e. The summed E-state index contributed by atoms with van der Waals surface area (Å²) in [4.78, 5) is 13.5. The maximum atomic E-state index is 12.8. The lowest BCUT2D eigenvalue weighted by atomic mass is 9.93. The molecule has 1 rings (SSSR count). The van der Waals surface area contributed by atoms with E-state index in [1.54, 1.807) is 27.8 Å². The maximum Gasteiger partial charge on any atom is 0.229 e. The first kappa shape index (κ1) is 14.2. The predicted molar refractivity (Wildman–Crippen MR) is 67.0 cm³/mol. The average Bonchev–Trinajstić information content (AvgIpc) is 2.30. The fraction of sp³-hybridized carbons (Fsp3) is 0.429. The number of halogens is 1. The minimum Gasteiger partial charge on any atom is -0.325 e. The van der Waals surface area contributed by atoms with Crippen LogP contribution in [0.2, 0.25) is 0 Å². The Hall–Kier alpha value is -1.89. The van der Waals surface area contributed by atoms with Gasteiger partial charge in [-0.25, -0.2) is 4.39 Å². The third-order valence-electron chi connectivity index (χ3n) is 2.66. The zero-order valence-corrected chi connectivity index (χ0v) is 11.1. The Morgan fingerprint density at radius 1 is 1.33 bits per heavy atom. The normalized spacial score (nSPS) is 12.7. The molecule has 0 aliphatic heterocycles. The van der Waals surface area contributed by atoms with Crippen molar-refractivity contribution >= 4 is 5.91 Å². The third-order valence-corrected chi connectivity index (χ3v) is 2.66. The van der Waals surface area contributed by atoms with Crippen molar-refractivity contribution in [1.82, 2.24) is 4.90 Å². The Balaban J connectivity index is 3.02. The van der Waals surface area contributed by atoms with Crippen LogP contribution in [0.1, 0.15) is 32.4 Å². The van der Waals surface area contributed by atoms with Crippen molar-refractivity contribution in [2.75, 3.05) is 7.05 Å². The topological polar surface area (TPSA) is 44.1 Å². The van der Waals surface area contributed by atoms with Gasteiger partial charge in [0.1, 0.15) is 11.9 Å². The largest absolute Gasteiger partial charge is 0.325 e. The van der Waals surface area contributed by atoms with Crippen LogP contribution in [0.4, 0.5) is 4.39 Å². The molecule has 4 heteroatoms. The van der Waals surface area contributed by atoms with Crippen LogP contribution in [0.5, 0.6) is 0 Å². The summed E-state index contributed by atoms with van der Waals surface area (Å²) in [7, 11) is 1.59. The molecule has 0 aromatic heterocycles. The van der Waals surface area contributed by atoms with Crippen LogP contribution < -0.4 is 0 Å². The van der Waals surface area contributed by atoms with Gasteiger partial charge < -0.3 is 4.90 Å². The van der Waals surface area contributed by atoms with Gasteiger partial charge in [-0.3, -0.25) is 4.79 Å². The monoisotopic (exact) mass is 248 g/mol. The highest BCUT2D eigenvalue weighted by Gasteiger charge is 2.30. The van der Waals surface area contributed by atoms with Crippen LogP contribution in [0, 0.1) is 22.6 Å². The first-order valence-corrected chi connectivity index (χ1v) is 5.69. The molecule has 0 aliphatic rings. The second-order valence-electron chi connectivity index (χ2n) is 5.25. The van der Waals surface area contributed by atoms with Gasteiger partial charge in [0.15, 0.2) is 0 Å². The van der Waals surface area contributed by atoms with Gasteiger partial charge in [-0.2, -0.15) is 5.26 Å². The van der Waals surface area contributed by atoms with Crippen molar-refractivity contribution in [3.05, 3.63) is 35.6 Å². The lowest BCUT2D eigenvalue weighted by molar-refractivity contribution is -0.139. The Morgan fingerprint density at radius 3 is 2.22 bits per heavy atom. The number of rotatable bonds is 2. The van der Waals surface area contributed by atoms with Gasteiger partial charge >= 0.3 is 0 Å². The van der Waals surface area contributed by atoms with Gasteiger partial charge in [0.25, 0.3) is 0 Å². The first-order valence-electron chi connectivity index (χ1n) is 5.69. The Kier molecular flexibility index (Phi) is 4.07. The van der Waals surface area contributed by atoms with Gasteiger partial charge in [-0.05, 0) is 17.7 Å². The number of nitrogens with zero attached hydrogens (tertiary/aromatic N) is 2. The molecule has 3 nitrogen and oxygen atoms in total. The molecule has 1 unspecified atom stereocenters. The van der Waals surface area contributed by atoms with Crippen molar-refractivity contribution < 1.29 is 9.18 Å². The van der Waals surface area contributed by atoms with Crippen LogP contribution in [0.15, 0.2) is 24.3 Å². The third kappa shape index (κ3) is 3.07. The van der Waals surface area contributed by atoms with Gasteiger partial charge in [-0.1, -0.05) is 32.9 Å². The number of carbonyl (C=O) groups is 1. The summed E-state index contributed by atoms with van der Waals surface area (Å²) in [5, 5.41) is 9.20. The van der Waals surface area contributed by atoms with Crippen LogP contribution in [-0.4, -0.2) is 17.9 Å². The quantitative estimate of drug-likeness (QED) is 0.807. The molecule has 1 atom stereocenters. The molecule has 0 radical (unpaired) electrons. The number of benzene rings is 1. The van der Waals surface area contributed by atoms with Crippen molar-refractivity contribution in [2.24, 2.45) is 5.41 Å². The molecule has 0 aliphatic carbocycles. The van der Waals surface area contributed by atoms with E-state index in [1.165, 1.54) is 29.2 Å². The molecular formula is C14H17FN2O. The van der Waals surface area contributed by atoms with Crippen molar-refractivity contribution in [2.45, 2.75) is 26.8 Å². The Bertz CT molecular complexity index is 468. The minimum absolute atomic E-state index is 0.127. The van der Waals surface area contributed by atoms with Crippen molar-refractivity contribution in [3.63, 3.8) is 0 Å². The number of carbonyl (C=O) groups excluding carboxylic acids is 1. The van der Waals surface area contributed by atoms with Gasteiger partial charge in [0.05, 0.1) is 6.07 Å². The summed E-state index contributed by atoms with van der Waals surface area (Å²) in [6.07, 6.45) is 0. The number of amides is 1. The molecule has 0 spiro atoms. The summed E-state index contributed by atoms with van der Waals surface area (Å²) >= 11 is 0. The highest BCUT2D eigenvalue weighted by Crippen LogP contribution is 2.25. The predicted octanol–water partition coefficient (Wildman–Crippen LogP) is 2.89. The fourth-order valence-electron chi connectivity index (χ4n) is 1.68. The lowest BCUT2D eigenvalue weighted by Gasteiger charge is -2.29. The van der Waals surface area contributed by atoms with E-state index in [4.69, 9.17) is 0 Å². The molecule has 0 fully saturated rings. The maximum absolute atomic E-state index is 12.8. The molecule has 0 saturated heterocycles. The summed E-state index contributed by atoms with van der Waals surface area (Å²) in [5.41, 5.74) is 0.0585. The molecule has 0 bridgehead atoms. The summed E-state index contributed by atoms with van der Waals surface area (Å²) in [5.74, 6) is -0.487. The molecule has 96 valence electrons. The van der Waals surface area contributed by atoms with Gasteiger partial charge in [0, 0.05) is 12.5 Å². The van der Waals surface area contributed by atoms with E-state index >= 15 is 0 Å². The van der Waals surface area contributed by atoms with E-state index in [0.29, 0.717) is 5.56 Å². The van der Waals surface area contributed by atoms with E-state index < -0.39 is 11.5 Å². The second-order valence-corrected chi connectivity index (χ2v) is 5.25. The van der Waals surface area contributed by atoms with Gasteiger partial charge in [0.2, 0.25) is 5.91 Å². The minimum atomic E-state index is -0.697. The summed E-state index contributed by atoms with van der Waals surface area (Å²) < 4.78 is 12.8.